The normalized spacial score (nSPS) is 12.1. The van der Waals surface area contributed by atoms with E-state index in [2.05, 4.69) is 20.6 Å². The van der Waals surface area contributed by atoms with Crippen LogP contribution in [-0.4, -0.2) is 38.9 Å². The van der Waals surface area contributed by atoms with Gasteiger partial charge in [0.1, 0.15) is 4.70 Å². The molecule has 4 heterocycles. The number of fused-ring (bicyclic) bond motifs is 2. The molecule has 5 rings (SSSR count). The molecule has 0 aliphatic carbocycles. The summed E-state index contributed by atoms with van der Waals surface area (Å²) in [4.78, 5) is 46.4. The summed E-state index contributed by atoms with van der Waals surface area (Å²) in [6, 6.07) is 7.33. The third-order valence-electron chi connectivity index (χ3n) is 5.25. The Labute approximate surface area is 217 Å². The second kappa shape index (κ2) is 11.1. The molecule has 0 saturated heterocycles. The highest BCUT2D eigenvalue weighted by Gasteiger charge is 2.16. The average molecular weight is 544 g/mol. The maximum atomic E-state index is 13.1. The Morgan fingerprint density at radius 2 is 2.00 bits per heavy atom. The number of aromatic nitrogens is 3. The number of benzene rings is 1. The van der Waals surface area contributed by atoms with Crippen LogP contribution >= 0.6 is 34.4 Å². The maximum Gasteiger partial charge on any atom is 0.272 e. The first-order valence-electron chi connectivity index (χ1n) is 11.0. The van der Waals surface area contributed by atoms with Crippen molar-refractivity contribution in [3.05, 3.63) is 57.1 Å². The van der Waals surface area contributed by atoms with Crippen molar-refractivity contribution >= 4 is 61.6 Å². The van der Waals surface area contributed by atoms with E-state index in [0.29, 0.717) is 51.5 Å². The molecule has 186 valence electrons. The average Bonchev–Trinajstić information content (AvgIpc) is 3.64. The van der Waals surface area contributed by atoms with E-state index in [4.69, 9.17) is 9.47 Å². The lowest BCUT2D eigenvalue weighted by atomic mass is 10.2. The molecule has 0 spiro atoms. The monoisotopic (exact) mass is 543 g/mol. The van der Waals surface area contributed by atoms with Crippen LogP contribution in [0.3, 0.4) is 0 Å². The molecule has 1 aliphatic heterocycles. The van der Waals surface area contributed by atoms with Gasteiger partial charge in [0.05, 0.1) is 11.3 Å². The number of carbonyl (C=O) groups is 2. The predicted molar refractivity (Wildman–Crippen MR) is 139 cm³/mol. The molecular formula is C23H21N5O5S3. The fraction of sp³-hybridized carbons (Fsp3) is 0.261. The summed E-state index contributed by atoms with van der Waals surface area (Å²) in [6.07, 6.45) is 2.31. The Kier molecular flexibility index (Phi) is 7.49. The topological polar surface area (TPSA) is 124 Å². The zero-order chi connectivity index (χ0) is 24.9. The summed E-state index contributed by atoms with van der Waals surface area (Å²) in [7, 11) is 0. The minimum absolute atomic E-state index is 0.0810. The summed E-state index contributed by atoms with van der Waals surface area (Å²) >= 11 is 3.84. The molecule has 0 unspecified atom stereocenters. The van der Waals surface area contributed by atoms with Crippen LogP contribution in [0.25, 0.3) is 10.2 Å². The van der Waals surface area contributed by atoms with Gasteiger partial charge in [-0.25, -0.2) is 9.97 Å². The Morgan fingerprint density at radius 3 is 2.86 bits per heavy atom. The largest absolute Gasteiger partial charge is 0.454 e. The van der Waals surface area contributed by atoms with Crippen molar-refractivity contribution in [2.75, 3.05) is 17.9 Å². The number of rotatable bonds is 10. The van der Waals surface area contributed by atoms with E-state index < -0.39 is 0 Å². The van der Waals surface area contributed by atoms with Gasteiger partial charge in [0.15, 0.2) is 21.8 Å². The summed E-state index contributed by atoms with van der Waals surface area (Å²) < 4.78 is 12.8. The predicted octanol–water partition coefficient (Wildman–Crippen LogP) is 3.47. The van der Waals surface area contributed by atoms with Crippen LogP contribution in [0.5, 0.6) is 11.5 Å². The van der Waals surface area contributed by atoms with Crippen LogP contribution in [0.2, 0.25) is 0 Å². The highest BCUT2D eigenvalue weighted by Crippen LogP contribution is 2.32. The van der Waals surface area contributed by atoms with E-state index in [9.17, 15) is 14.4 Å². The number of carbonyl (C=O) groups excluding carboxylic acids is 2. The van der Waals surface area contributed by atoms with Crippen molar-refractivity contribution in [1.29, 1.82) is 0 Å². The van der Waals surface area contributed by atoms with Gasteiger partial charge in [0.2, 0.25) is 18.6 Å². The van der Waals surface area contributed by atoms with Crippen LogP contribution < -0.4 is 25.7 Å². The highest BCUT2D eigenvalue weighted by atomic mass is 32.2. The molecule has 3 aromatic heterocycles. The summed E-state index contributed by atoms with van der Waals surface area (Å²) in [6.45, 7) is 0.883. The number of hydrogen-bond donors (Lipinski definition) is 2. The van der Waals surface area contributed by atoms with Gasteiger partial charge in [0.25, 0.3) is 5.56 Å². The van der Waals surface area contributed by atoms with E-state index in [0.717, 1.165) is 5.56 Å². The molecule has 2 N–H and O–H groups in total. The fourth-order valence-electron chi connectivity index (χ4n) is 3.54. The van der Waals surface area contributed by atoms with Crippen molar-refractivity contribution < 1.29 is 19.1 Å². The molecule has 2 amide bonds. The lowest BCUT2D eigenvalue weighted by molar-refractivity contribution is -0.121. The molecular weight excluding hydrogens is 522 g/mol. The maximum absolute atomic E-state index is 13.1. The first-order valence-corrected chi connectivity index (χ1v) is 13.8. The minimum atomic E-state index is -0.232. The van der Waals surface area contributed by atoms with E-state index >= 15 is 0 Å². The van der Waals surface area contributed by atoms with Gasteiger partial charge in [-0.15, -0.1) is 22.7 Å². The minimum Gasteiger partial charge on any atom is -0.454 e. The first kappa shape index (κ1) is 24.3. The molecule has 0 fully saturated rings. The van der Waals surface area contributed by atoms with E-state index in [1.165, 1.54) is 34.4 Å². The van der Waals surface area contributed by atoms with E-state index in [-0.39, 0.29) is 36.3 Å². The van der Waals surface area contributed by atoms with Crippen molar-refractivity contribution in [3.8, 4) is 11.5 Å². The number of ether oxygens (including phenoxy) is 2. The SMILES string of the molecule is O=C(CCCn1c(SCC(=O)Nc2nccs2)nc2ccsc2c1=O)NCc1ccc2c(c1)OCO2. The molecule has 10 nitrogen and oxygen atoms in total. The molecule has 1 aliphatic rings. The van der Waals surface area contributed by atoms with Crippen molar-refractivity contribution in [3.63, 3.8) is 0 Å². The molecule has 0 bridgehead atoms. The lowest BCUT2D eigenvalue weighted by Gasteiger charge is -2.12. The second-order valence-corrected chi connectivity index (χ2v) is 10.5. The van der Waals surface area contributed by atoms with Gasteiger partial charge >= 0.3 is 0 Å². The number of amides is 2. The van der Waals surface area contributed by atoms with Crippen molar-refractivity contribution in [1.82, 2.24) is 19.9 Å². The van der Waals surface area contributed by atoms with Gasteiger partial charge in [0, 0.05) is 31.1 Å². The van der Waals surface area contributed by atoms with Gasteiger partial charge in [-0.1, -0.05) is 17.8 Å². The third kappa shape index (κ3) is 5.69. The summed E-state index contributed by atoms with van der Waals surface area (Å²) in [5, 5.41) is 10.2. The van der Waals surface area contributed by atoms with Gasteiger partial charge in [-0.05, 0) is 35.6 Å². The third-order valence-corrected chi connectivity index (χ3v) is 7.81. The van der Waals surface area contributed by atoms with E-state index in [1.807, 2.05) is 23.6 Å². The Bertz CT molecular complexity index is 1450. The quantitative estimate of drug-likeness (QED) is 0.230. The second-order valence-electron chi connectivity index (χ2n) is 7.73. The van der Waals surface area contributed by atoms with Gasteiger partial charge in [-0.2, -0.15) is 0 Å². The number of nitrogens with one attached hydrogen (secondary N) is 2. The Balaban J connectivity index is 1.18. The number of thiazole rings is 1. The number of anilines is 1. The van der Waals surface area contributed by atoms with E-state index in [1.54, 1.807) is 22.2 Å². The van der Waals surface area contributed by atoms with Crippen molar-refractivity contribution in [2.45, 2.75) is 31.1 Å². The van der Waals surface area contributed by atoms with Crippen LogP contribution in [0.1, 0.15) is 18.4 Å². The van der Waals surface area contributed by atoms with Crippen LogP contribution in [0.15, 0.2) is 51.2 Å². The number of thioether (sulfide) groups is 1. The zero-order valence-electron chi connectivity index (χ0n) is 18.9. The molecule has 36 heavy (non-hydrogen) atoms. The standard InChI is InChI=1S/C23H21N5O5S3/c29-18(25-11-14-3-4-16-17(10-14)33-13-32-16)2-1-7-28-21(31)20-15(5-8-34-20)26-23(28)36-12-19(30)27-22-24-6-9-35-22/h3-6,8-10H,1-2,7,11-13H2,(H,25,29)(H,24,27,30). The number of thiophene rings is 1. The summed E-state index contributed by atoms with van der Waals surface area (Å²) in [5.74, 6) is 1.09. The molecule has 1 aromatic carbocycles. The number of hydrogen-bond acceptors (Lipinski definition) is 10. The Hall–Kier alpha value is -3.42. The Morgan fingerprint density at radius 1 is 1.11 bits per heavy atom. The van der Waals surface area contributed by atoms with Gasteiger partial charge < -0.3 is 20.1 Å². The highest BCUT2D eigenvalue weighted by molar-refractivity contribution is 7.99. The number of nitrogens with zero attached hydrogens (tertiary/aromatic N) is 3. The molecule has 0 radical (unpaired) electrons. The molecule has 13 heteroatoms. The molecule has 0 saturated carbocycles. The fourth-order valence-corrected chi connectivity index (χ4v) is 5.69. The van der Waals surface area contributed by atoms with Crippen LogP contribution in [0.4, 0.5) is 5.13 Å². The van der Waals surface area contributed by atoms with Crippen LogP contribution in [0, 0.1) is 0 Å². The smallest absolute Gasteiger partial charge is 0.272 e. The first-order chi connectivity index (χ1) is 17.6. The van der Waals surface area contributed by atoms with Crippen LogP contribution in [-0.2, 0) is 22.7 Å². The zero-order valence-corrected chi connectivity index (χ0v) is 21.3. The molecule has 0 atom stereocenters. The summed E-state index contributed by atoms with van der Waals surface area (Å²) in [5.41, 5.74) is 1.34. The molecule has 4 aromatic rings. The lowest BCUT2D eigenvalue weighted by Crippen LogP contribution is -2.26. The van der Waals surface area contributed by atoms with Crippen molar-refractivity contribution in [2.24, 2.45) is 0 Å². The van der Waals surface area contributed by atoms with Gasteiger partial charge in [-0.3, -0.25) is 19.0 Å².